The van der Waals surface area contributed by atoms with E-state index in [1.54, 1.807) is 18.2 Å². The van der Waals surface area contributed by atoms with Gasteiger partial charge in [0, 0.05) is 18.2 Å². The Labute approximate surface area is 124 Å². The highest BCUT2D eigenvalue weighted by atomic mass is 19.1. The summed E-state index contributed by atoms with van der Waals surface area (Å²) in [6.07, 6.45) is 0. The van der Waals surface area contributed by atoms with Crippen LogP contribution in [0, 0.1) is 17.1 Å². The monoisotopic (exact) mass is 284 g/mol. The predicted molar refractivity (Wildman–Crippen MR) is 79.4 cm³/mol. The van der Waals surface area contributed by atoms with Gasteiger partial charge in [-0.2, -0.15) is 5.26 Å². The predicted octanol–water partition coefficient (Wildman–Crippen LogP) is 3.56. The summed E-state index contributed by atoms with van der Waals surface area (Å²) in [6.45, 7) is 2.48. The number of halogens is 1. The zero-order valence-corrected chi connectivity index (χ0v) is 12.1. The van der Waals surface area contributed by atoms with Gasteiger partial charge >= 0.3 is 0 Å². The normalized spacial score (nSPS) is 11.7. The number of rotatable bonds is 5. The van der Waals surface area contributed by atoms with Gasteiger partial charge in [-0.25, -0.2) is 4.39 Å². The molecule has 0 aliphatic heterocycles. The molecule has 1 atom stereocenters. The maximum atomic E-state index is 13.7. The van der Waals surface area contributed by atoms with Crippen molar-refractivity contribution in [2.24, 2.45) is 0 Å². The zero-order valence-electron chi connectivity index (χ0n) is 12.1. The molecule has 0 saturated heterocycles. The van der Waals surface area contributed by atoms with Gasteiger partial charge in [0.05, 0.1) is 12.7 Å². The first-order valence-electron chi connectivity index (χ1n) is 6.70. The Morgan fingerprint density at radius 2 is 2.05 bits per heavy atom. The highest BCUT2D eigenvalue weighted by molar-refractivity contribution is 5.45. The fourth-order valence-electron chi connectivity index (χ4n) is 2.15. The van der Waals surface area contributed by atoms with E-state index in [2.05, 4.69) is 11.4 Å². The van der Waals surface area contributed by atoms with E-state index < -0.39 is 0 Å². The van der Waals surface area contributed by atoms with E-state index in [1.165, 1.54) is 13.2 Å². The fourth-order valence-corrected chi connectivity index (χ4v) is 2.15. The van der Waals surface area contributed by atoms with Crippen LogP contribution in [-0.2, 0) is 6.54 Å². The number of nitrogens with one attached hydrogen (secondary N) is 1. The summed E-state index contributed by atoms with van der Waals surface area (Å²) >= 11 is 0. The lowest BCUT2D eigenvalue weighted by Gasteiger charge is -2.15. The molecular weight excluding hydrogens is 267 g/mol. The molecule has 0 aliphatic rings. The maximum Gasteiger partial charge on any atom is 0.136 e. The lowest BCUT2D eigenvalue weighted by atomic mass is 10.1. The summed E-state index contributed by atoms with van der Waals surface area (Å²) in [5.41, 5.74) is 2.12. The van der Waals surface area contributed by atoms with Crippen molar-refractivity contribution in [3.8, 4) is 11.8 Å². The molecule has 0 bridgehead atoms. The fraction of sp³-hybridized carbons (Fsp3) is 0.235. The molecule has 0 saturated carbocycles. The Bertz CT molecular complexity index is 664. The third-order valence-electron chi connectivity index (χ3n) is 3.37. The average molecular weight is 284 g/mol. The van der Waals surface area contributed by atoms with Crippen molar-refractivity contribution in [3.63, 3.8) is 0 Å². The third-order valence-corrected chi connectivity index (χ3v) is 3.37. The number of methoxy groups -OCH3 is 1. The molecule has 0 aromatic heterocycles. The molecule has 2 aromatic carbocycles. The van der Waals surface area contributed by atoms with E-state index in [9.17, 15) is 4.39 Å². The Morgan fingerprint density at radius 3 is 2.71 bits per heavy atom. The molecule has 0 aliphatic carbocycles. The van der Waals surface area contributed by atoms with Crippen LogP contribution in [0.4, 0.5) is 4.39 Å². The van der Waals surface area contributed by atoms with E-state index in [-0.39, 0.29) is 11.9 Å². The van der Waals surface area contributed by atoms with E-state index >= 15 is 0 Å². The first kappa shape index (κ1) is 15.0. The topological polar surface area (TPSA) is 45.0 Å². The molecule has 2 rings (SSSR count). The van der Waals surface area contributed by atoms with Gasteiger partial charge in [0.1, 0.15) is 17.6 Å². The Balaban J connectivity index is 2.07. The maximum absolute atomic E-state index is 13.7. The van der Waals surface area contributed by atoms with Crippen molar-refractivity contribution < 1.29 is 9.13 Å². The van der Waals surface area contributed by atoms with Crippen LogP contribution in [0.3, 0.4) is 0 Å². The molecule has 0 radical (unpaired) electrons. The number of hydrogen-bond acceptors (Lipinski definition) is 3. The van der Waals surface area contributed by atoms with Gasteiger partial charge in [0.25, 0.3) is 0 Å². The quantitative estimate of drug-likeness (QED) is 0.913. The molecule has 0 spiro atoms. The van der Waals surface area contributed by atoms with Gasteiger partial charge in [0.2, 0.25) is 0 Å². The smallest absolute Gasteiger partial charge is 0.136 e. The van der Waals surface area contributed by atoms with E-state index in [4.69, 9.17) is 10.00 Å². The Hall–Kier alpha value is -2.38. The van der Waals surface area contributed by atoms with Crippen LogP contribution in [0.5, 0.6) is 5.75 Å². The van der Waals surface area contributed by atoms with Crippen molar-refractivity contribution >= 4 is 0 Å². The number of nitrogens with zero attached hydrogens (tertiary/aromatic N) is 1. The largest absolute Gasteiger partial charge is 0.495 e. The zero-order chi connectivity index (χ0) is 15.2. The van der Waals surface area contributed by atoms with Gasteiger partial charge in [-0.3, -0.25) is 0 Å². The van der Waals surface area contributed by atoms with Gasteiger partial charge < -0.3 is 10.1 Å². The second-order valence-electron chi connectivity index (χ2n) is 4.77. The highest BCUT2D eigenvalue weighted by Crippen LogP contribution is 2.21. The van der Waals surface area contributed by atoms with Crippen LogP contribution in [0.25, 0.3) is 0 Å². The molecule has 3 nitrogen and oxygen atoms in total. The molecule has 4 heteroatoms. The van der Waals surface area contributed by atoms with E-state index in [0.717, 1.165) is 5.56 Å². The minimum absolute atomic E-state index is 0.104. The lowest BCUT2D eigenvalue weighted by Crippen LogP contribution is -2.19. The molecular formula is C17H17FN2O. The molecule has 1 N–H and O–H groups in total. The van der Waals surface area contributed by atoms with Gasteiger partial charge in [0.15, 0.2) is 0 Å². The summed E-state index contributed by atoms with van der Waals surface area (Å²) < 4.78 is 18.9. The summed E-state index contributed by atoms with van der Waals surface area (Å²) in [6, 6.07) is 14.1. The summed E-state index contributed by atoms with van der Waals surface area (Å²) in [5, 5.41) is 12.2. The average Bonchev–Trinajstić information content (AvgIpc) is 2.52. The van der Waals surface area contributed by atoms with Gasteiger partial charge in [-0.05, 0) is 30.7 Å². The standard InChI is InChI=1S/C17H17FN2O/c1-12(15-5-3-4-6-16(15)18)20-11-13-7-8-14(10-19)17(9-13)21-2/h3-9,12,20H,11H2,1-2H3/t12-/m1/s1. The highest BCUT2D eigenvalue weighted by Gasteiger charge is 2.10. The van der Waals surface area contributed by atoms with Crippen molar-refractivity contribution in [2.75, 3.05) is 7.11 Å². The first-order chi connectivity index (χ1) is 10.2. The van der Waals surface area contributed by atoms with Gasteiger partial charge in [-0.15, -0.1) is 0 Å². The molecule has 108 valence electrons. The summed E-state index contributed by atoms with van der Waals surface area (Å²) in [4.78, 5) is 0. The number of benzene rings is 2. The second kappa shape index (κ2) is 6.87. The van der Waals surface area contributed by atoms with E-state index in [0.29, 0.717) is 23.4 Å². The lowest BCUT2D eigenvalue weighted by molar-refractivity contribution is 0.412. The number of ether oxygens (including phenoxy) is 1. The molecule has 0 heterocycles. The molecule has 0 fully saturated rings. The van der Waals surface area contributed by atoms with Crippen molar-refractivity contribution in [1.82, 2.24) is 5.32 Å². The van der Waals surface area contributed by atoms with Crippen LogP contribution in [0.2, 0.25) is 0 Å². The van der Waals surface area contributed by atoms with Crippen LogP contribution >= 0.6 is 0 Å². The number of hydrogen-bond donors (Lipinski definition) is 1. The minimum atomic E-state index is -0.213. The number of nitriles is 1. The van der Waals surface area contributed by atoms with Crippen molar-refractivity contribution in [3.05, 3.63) is 65.0 Å². The summed E-state index contributed by atoms with van der Waals surface area (Å²) in [5.74, 6) is 0.338. The van der Waals surface area contributed by atoms with Crippen LogP contribution in [0.15, 0.2) is 42.5 Å². The minimum Gasteiger partial charge on any atom is -0.495 e. The molecule has 21 heavy (non-hydrogen) atoms. The Kier molecular flexibility index (Phi) is 4.91. The van der Waals surface area contributed by atoms with Crippen molar-refractivity contribution in [2.45, 2.75) is 19.5 Å². The van der Waals surface area contributed by atoms with Crippen LogP contribution < -0.4 is 10.1 Å². The van der Waals surface area contributed by atoms with Crippen LogP contribution in [-0.4, -0.2) is 7.11 Å². The first-order valence-corrected chi connectivity index (χ1v) is 6.70. The Morgan fingerprint density at radius 1 is 1.29 bits per heavy atom. The molecule has 0 unspecified atom stereocenters. The van der Waals surface area contributed by atoms with Crippen LogP contribution in [0.1, 0.15) is 29.7 Å². The second-order valence-corrected chi connectivity index (χ2v) is 4.77. The van der Waals surface area contributed by atoms with Gasteiger partial charge in [-0.1, -0.05) is 24.3 Å². The summed E-state index contributed by atoms with van der Waals surface area (Å²) in [7, 11) is 1.54. The van der Waals surface area contributed by atoms with E-state index in [1.807, 2.05) is 25.1 Å². The molecule has 2 aromatic rings. The SMILES string of the molecule is COc1cc(CN[C@H](C)c2ccccc2F)ccc1C#N. The molecule has 0 amide bonds. The van der Waals surface area contributed by atoms with Crippen molar-refractivity contribution in [1.29, 1.82) is 5.26 Å². The third kappa shape index (κ3) is 3.59.